The fourth-order valence-electron chi connectivity index (χ4n) is 1.83. The van der Waals surface area contributed by atoms with Gasteiger partial charge in [0.2, 0.25) is 0 Å². The maximum atomic E-state index is 4.33. The molecule has 0 radical (unpaired) electrons. The van der Waals surface area contributed by atoms with Gasteiger partial charge in [-0.05, 0) is 63.6 Å². The molecule has 2 rings (SSSR count). The van der Waals surface area contributed by atoms with Crippen LogP contribution in [-0.4, -0.2) is 11.0 Å². The minimum Gasteiger partial charge on any atom is -0.383 e. The lowest BCUT2D eigenvalue weighted by Crippen LogP contribution is -2.09. The lowest BCUT2D eigenvalue weighted by atomic mass is 10.2. The number of nitrogens with zero attached hydrogens (tertiary/aromatic N) is 1. The van der Waals surface area contributed by atoms with E-state index in [0.717, 1.165) is 5.69 Å². The Morgan fingerprint density at radius 3 is 2.47 bits per heavy atom. The summed E-state index contributed by atoms with van der Waals surface area (Å²) < 4.78 is 0. The van der Waals surface area contributed by atoms with Gasteiger partial charge in [-0.2, -0.15) is 0 Å². The number of pyridine rings is 1. The van der Waals surface area contributed by atoms with Crippen LogP contribution in [0.4, 0.5) is 5.69 Å². The number of aryl methyl sites for hydroxylation is 2. The molecule has 1 N–H and O–H groups in total. The number of benzene rings is 1. The van der Waals surface area contributed by atoms with Crippen molar-refractivity contribution in [2.45, 2.75) is 43.5 Å². The molecular formula is C16H20N2S. The summed E-state index contributed by atoms with van der Waals surface area (Å²) in [5.41, 5.74) is 3.52. The number of hydrogen-bond donors (Lipinski definition) is 1. The van der Waals surface area contributed by atoms with E-state index in [4.69, 9.17) is 0 Å². The van der Waals surface area contributed by atoms with Crippen LogP contribution in [0.15, 0.2) is 46.3 Å². The van der Waals surface area contributed by atoms with E-state index in [9.17, 15) is 0 Å². The van der Waals surface area contributed by atoms with Crippen molar-refractivity contribution < 1.29 is 0 Å². The largest absolute Gasteiger partial charge is 0.383 e. The predicted molar refractivity (Wildman–Crippen MR) is 83.0 cm³/mol. The van der Waals surface area contributed by atoms with Crippen LogP contribution in [0, 0.1) is 13.8 Å². The van der Waals surface area contributed by atoms with Gasteiger partial charge in [0.05, 0.1) is 0 Å². The smallest absolute Gasteiger partial charge is 0.0410 e. The lowest BCUT2D eigenvalue weighted by Gasteiger charge is -2.12. The third-order valence-electron chi connectivity index (χ3n) is 2.74. The van der Waals surface area contributed by atoms with E-state index < -0.39 is 0 Å². The van der Waals surface area contributed by atoms with Gasteiger partial charge < -0.3 is 5.32 Å². The van der Waals surface area contributed by atoms with E-state index in [1.165, 1.54) is 21.0 Å². The van der Waals surface area contributed by atoms with Gasteiger partial charge in [0, 0.05) is 33.4 Å². The maximum Gasteiger partial charge on any atom is 0.0410 e. The molecule has 0 aliphatic heterocycles. The molecule has 0 spiro atoms. The normalized spacial score (nSPS) is 10.8. The van der Waals surface area contributed by atoms with Crippen LogP contribution in [0.1, 0.15) is 25.1 Å². The number of hydrogen-bond acceptors (Lipinski definition) is 3. The third-order valence-corrected chi connectivity index (χ3v) is 3.90. The molecule has 100 valence electrons. The zero-order chi connectivity index (χ0) is 13.8. The molecule has 0 unspecified atom stereocenters. The van der Waals surface area contributed by atoms with Gasteiger partial charge in [-0.1, -0.05) is 11.8 Å². The second kappa shape index (κ2) is 6.11. The fraction of sp³-hybridized carbons (Fsp3) is 0.312. The first-order valence-corrected chi connectivity index (χ1v) is 7.34. The van der Waals surface area contributed by atoms with Gasteiger partial charge in [0.25, 0.3) is 0 Å². The van der Waals surface area contributed by atoms with Crippen LogP contribution in [0.3, 0.4) is 0 Å². The molecule has 0 atom stereocenters. The van der Waals surface area contributed by atoms with Crippen LogP contribution in [0.2, 0.25) is 0 Å². The van der Waals surface area contributed by atoms with Crippen molar-refractivity contribution in [2.75, 3.05) is 5.32 Å². The average Bonchev–Trinajstić information content (AvgIpc) is 2.34. The minimum atomic E-state index is 0.458. The Balaban J connectivity index is 2.15. The summed E-state index contributed by atoms with van der Waals surface area (Å²) in [4.78, 5) is 6.79. The quantitative estimate of drug-likeness (QED) is 0.875. The van der Waals surface area contributed by atoms with Gasteiger partial charge in [0.15, 0.2) is 0 Å². The fourth-order valence-corrected chi connectivity index (χ4v) is 2.68. The SMILES string of the molecule is Cc1ccc(Sc2ccc(NC(C)C)cc2C)cn1. The van der Waals surface area contributed by atoms with Crippen molar-refractivity contribution in [1.29, 1.82) is 0 Å². The first kappa shape index (κ1) is 13.9. The molecule has 1 aromatic carbocycles. The molecule has 0 aliphatic carbocycles. The number of rotatable bonds is 4. The highest BCUT2D eigenvalue weighted by Gasteiger charge is 2.04. The van der Waals surface area contributed by atoms with E-state index in [1.807, 2.05) is 19.2 Å². The van der Waals surface area contributed by atoms with Crippen molar-refractivity contribution in [1.82, 2.24) is 4.98 Å². The van der Waals surface area contributed by atoms with Crippen LogP contribution in [0.25, 0.3) is 0 Å². The lowest BCUT2D eigenvalue weighted by molar-refractivity contribution is 0.899. The first-order valence-electron chi connectivity index (χ1n) is 6.52. The van der Waals surface area contributed by atoms with E-state index in [1.54, 1.807) is 11.8 Å². The maximum absolute atomic E-state index is 4.33. The van der Waals surface area contributed by atoms with Crippen molar-refractivity contribution in [2.24, 2.45) is 0 Å². The highest BCUT2D eigenvalue weighted by atomic mass is 32.2. The monoisotopic (exact) mass is 272 g/mol. The summed E-state index contributed by atoms with van der Waals surface area (Å²) in [5.74, 6) is 0. The molecule has 1 heterocycles. The molecule has 3 heteroatoms. The number of anilines is 1. The van der Waals surface area contributed by atoms with Crippen molar-refractivity contribution in [3.05, 3.63) is 47.8 Å². The molecule has 2 nitrogen and oxygen atoms in total. The van der Waals surface area contributed by atoms with E-state index in [-0.39, 0.29) is 0 Å². The van der Waals surface area contributed by atoms with E-state index in [0.29, 0.717) is 6.04 Å². The predicted octanol–water partition coefficient (Wildman–Crippen LogP) is 4.67. The highest BCUT2D eigenvalue weighted by Crippen LogP contribution is 2.31. The average molecular weight is 272 g/mol. The third kappa shape index (κ3) is 4.00. The van der Waals surface area contributed by atoms with Crippen molar-refractivity contribution in [3.8, 4) is 0 Å². The zero-order valence-corrected chi connectivity index (χ0v) is 12.7. The molecule has 0 bridgehead atoms. The Morgan fingerprint density at radius 2 is 1.89 bits per heavy atom. The molecule has 0 aliphatic rings. The van der Waals surface area contributed by atoms with Gasteiger partial charge in [-0.15, -0.1) is 0 Å². The minimum absolute atomic E-state index is 0.458. The Labute approximate surface area is 119 Å². The second-order valence-corrected chi connectivity index (χ2v) is 6.13. The van der Waals surface area contributed by atoms with Crippen LogP contribution >= 0.6 is 11.8 Å². The molecule has 1 aromatic heterocycles. The summed E-state index contributed by atoms with van der Waals surface area (Å²) in [5, 5.41) is 3.42. The molecule has 2 aromatic rings. The topological polar surface area (TPSA) is 24.9 Å². The highest BCUT2D eigenvalue weighted by molar-refractivity contribution is 7.99. The zero-order valence-electron chi connectivity index (χ0n) is 11.9. The van der Waals surface area contributed by atoms with E-state index >= 15 is 0 Å². The molecule has 19 heavy (non-hydrogen) atoms. The Morgan fingerprint density at radius 1 is 1.11 bits per heavy atom. The van der Waals surface area contributed by atoms with E-state index in [2.05, 4.69) is 55.3 Å². The van der Waals surface area contributed by atoms with Crippen molar-refractivity contribution in [3.63, 3.8) is 0 Å². The van der Waals surface area contributed by atoms with Gasteiger partial charge in [-0.3, -0.25) is 4.98 Å². The summed E-state index contributed by atoms with van der Waals surface area (Å²) >= 11 is 1.76. The van der Waals surface area contributed by atoms with Gasteiger partial charge in [0.1, 0.15) is 0 Å². The summed E-state index contributed by atoms with van der Waals surface area (Å²) in [6.45, 7) is 8.45. The Bertz CT molecular complexity index is 547. The van der Waals surface area contributed by atoms with Crippen LogP contribution < -0.4 is 5.32 Å². The van der Waals surface area contributed by atoms with Crippen molar-refractivity contribution >= 4 is 17.4 Å². The summed E-state index contributed by atoms with van der Waals surface area (Å²) in [6, 6.07) is 11.1. The molecule has 0 saturated heterocycles. The van der Waals surface area contributed by atoms with Crippen LogP contribution in [-0.2, 0) is 0 Å². The summed E-state index contributed by atoms with van der Waals surface area (Å²) in [7, 11) is 0. The van der Waals surface area contributed by atoms with Gasteiger partial charge >= 0.3 is 0 Å². The molecule has 0 saturated carbocycles. The van der Waals surface area contributed by atoms with Crippen LogP contribution in [0.5, 0.6) is 0 Å². The Kier molecular flexibility index (Phi) is 4.48. The standard InChI is InChI=1S/C16H20N2S/c1-11(2)18-14-6-8-16(12(3)9-14)19-15-7-5-13(4)17-10-15/h5-11,18H,1-4H3. The molecule has 0 amide bonds. The first-order chi connectivity index (χ1) is 9.04. The number of nitrogens with one attached hydrogen (secondary N) is 1. The molecule has 0 fully saturated rings. The Hall–Kier alpha value is -1.48. The number of aromatic nitrogens is 1. The van der Waals surface area contributed by atoms with Gasteiger partial charge in [-0.25, -0.2) is 0 Å². The second-order valence-electron chi connectivity index (χ2n) is 5.02. The molecular weight excluding hydrogens is 252 g/mol. The summed E-state index contributed by atoms with van der Waals surface area (Å²) in [6.07, 6.45) is 1.93.